The zero-order valence-corrected chi connectivity index (χ0v) is 13.8. The maximum atomic E-state index is 12.6. The summed E-state index contributed by atoms with van der Waals surface area (Å²) in [5.41, 5.74) is -0.513. The molecule has 0 fully saturated rings. The SMILES string of the molecule is CCN(CC(=O)N(C)C)C(=O)N(CCC(=O)O)C(C)(C)C. The first-order valence-corrected chi connectivity index (χ1v) is 6.99. The van der Waals surface area contributed by atoms with Crippen molar-refractivity contribution in [2.45, 2.75) is 39.7 Å². The largest absolute Gasteiger partial charge is 0.481 e. The van der Waals surface area contributed by atoms with Gasteiger partial charge in [0.1, 0.15) is 6.54 Å². The summed E-state index contributed by atoms with van der Waals surface area (Å²) in [7, 11) is 3.26. The predicted octanol–water partition coefficient (Wildman–Crippen LogP) is 1.09. The Bertz CT molecular complexity index is 388. The number of carbonyl (C=O) groups is 3. The van der Waals surface area contributed by atoms with E-state index in [4.69, 9.17) is 5.11 Å². The van der Waals surface area contributed by atoms with Crippen molar-refractivity contribution >= 4 is 17.9 Å². The second-order valence-electron chi connectivity index (χ2n) is 6.05. The summed E-state index contributed by atoms with van der Waals surface area (Å²) in [5, 5.41) is 8.81. The van der Waals surface area contributed by atoms with Crippen LogP contribution in [0, 0.1) is 0 Å². The molecule has 0 aliphatic carbocycles. The lowest BCUT2D eigenvalue weighted by atomic mass is 10.1. The average molecular weight is 301 g/mol. The predicted molar refractivity (Wildman–Crippen MR) is 80.0 cm³/mol. The Kier molecular flexibility index (Phi) is 7.18. The van der Waals surface area contributed by atoms with Crippen molar-refractivity contribution in [2.75, 3.05) is 33.7 Å². The number of carboxylic acid groups (broad SMARTS) is 1. The van der Waals surface area contributed by atoms with E-state index in [1.807, 2.05) is 20.8 Å². The number of carbonyl (C=O) groups excluding carboxylic acids is 2. The molecule has 0 radical (unpaired) electrons. The van der Waals surface area contributed by atoms with Gasteiger partial charge in [0, 0.05) is 32.7 Å². The van der Waals surface area contributed by atoms with Crippen molar-refractivity contribution in [1.82, 2.24) is 14.7 Å². The van der Waals surface area contributed by atoms with Crippen LogP contribution in [-0.2, 0) is 9.59 Å². The lowest BCUT2D eigenvalue weighted by Crippen LogP contribution is -2.54. The molecule has 1 N–H and O–H groups in total. The lowest BCUT2D eigenvalue weighted by molar-refractivity contribution is -0.137. The molecule has 0 rings (SSSR count). The molecule has 0 bridgehead atoms. The third-order valence-corrected chi connectivity index (χ3v) is 3.07. The summed E-state index contributed by atoms with van der Waals surface area (Å²) >= 11 is 0. The summed E-state index contributed by atoms with van der Waals surface area (Å²) in [6, 6.07) is -0.318. The number of urea groups is 1. The first-order valence-electron chi connectivity index (χ1n) is 6.99. The molecule has 0 aliphatic heterocycles. The van der Waals surface area contributed by atoms with Crippen molar-refractivity contribution in [3.8, 4) is 0 Å². The highest BCUT2D eigenvalue weighted by molar-refractivity contribution is 5.84. The van der Waals surface area contributed by atoms with Crippen LogP contribution >= 0.6 is 0 Å². The van der Waals surface area contributed by atoms with Crippen LogP contribution in [0.5, 0.6) is 0 Å². The molecule has 0 spiro atoms. The Hall–Kier alpha value is -1.79. The highest BCUT2D eigenvalue weighted by Crippen LogP contribution is 2.16. The maximum Gasteiger partial charge on any atom is 0.320 e. The average Bonchev–Trinajstić information content (AvgIpc) is 2.33. The van der Waals surface area contributed by atoms with Gasteiger partial charge in [-0.3, -0.25) is 9.59 Å². The van der Waals surface area contributed by atoms with Gasteiger partial charge in [-0.1, -0.05) is 0 Å². The minimum atomic E-state index is -0.954. The van der Waals surface area contributed by atoms with Crippen LogP contribution in [-0.4, -0.2) is 77.0 Å². The van der Waals surface area contributed by atoms with Crippen molar-refractivity contribution in [3.63, 3.8) is 0 Å². The minimum absolute atomic E-state index is 0.0119. The second-order valence-corrected chi connectivity index (χ2v) is 6.05. The monoisotopic (exact) mass is 301 g/mol. The van der Waals surface area contributed by atoms with Crippen LogP contribution in [0.15, 0.2) is 0 Å². The van der Waals surface area contributed by atoms with Crippen molar-refractivity contribution in [3.05, 3.63) is 0 Å². The van der Waals surface area contributed by atoms with E-state index in [0.717, 1.165) is 0 Å². The summed E-state index contributed by atoms with van der Waals surface area (Å²) in [5.74, 6) is -1.12. The van der Waals surface area contributed by atoms with Crippen LogP contribution in [0.25, 0.3) is 0 Å². The van der Waals surface area contributed by atoms with Gasteiger partial charge in [-0.25, -0.2) is 4.79 Å². The van der Waals surface area contributed by atoms with Crippen LogP contribution in [0.4, 0.5) is 4.79 Å². The highest BCUT2D eigenvalue weighted by atomic mass is 16.4. The summed E-state index contributed by atoms with van der Waals surface area (Å²) < 4.78 is 0. The smallest absolute Gasteiger partial charge is 0.320 e. The number of hydrogen-bond donors (Lipinski definition) is 1. The van der Waals surface area contributed by atoms with Gasteiger partial charge in [0.15, 0.2) is 0 Å². The molecule has 0 heterocycles. The minimum Gasteiger partial charge on any atom is -0.481 e. The van der Waals surface area contributed by atoms with E-state index >= 15 is 0 Å². The number of hydrogen-bond acceptors (Lipinski definition) is 3. The zero-order chi connectivity index (χ0) is 16.8. The molecule has 7 nitrogen and oxygen atoms in total. The molecule has 0 aliphatic rings. The third kappa shape index (κ3) is 6.46. The quantitative estimate of drug-likeness (QED) is 0.796. The molecule has 0 aromatic rings. The molecule has 0 saturated heterocycles. The van der Waals surface area contributed by atoms with E-state index in [1.54, 1.807) is 21.0 Å². The highest BCUT2D eigenvalue weighted by Gasteiger charge is 2.30. The number of rotatable bonds is 6. The number of likely N-dealkylation sites (N-methyl/N-ethyl adjacent to an activating group) is 2. The second kappa shape index (κ2) is 7.85. The number of aliphatic carboxylic acids is 1. The van der Waals surface area contributed by atoms with E-state index in [-0.39, 0.29) is 31.4 Å². The zero-order valence-electron chi connectivity index (χ0n) is 13.8. The van der Waals surface area contributed by atoms with Crippen molar-refractivity contribution < 1.29 is 19.5 Å². The van der Waals surface area contributed by atoms with Crippen LogP contribution in [0.2, 0.25) is 0 Å². The molecule has 0 aromatic carbocycles. The molecule has 3 amide bonds. The summed E-state index contributed by atoms with van der Waals surface area (Å²) in [6.45, 7) is 7.81. The molecule has 0 aromatic heterocycles. The van der Waals surface area contributed by atoms with E-state index in [2.05, 4.69) is 0 Å². The Balaban J connectivity index is 5.05. The van der Waals surface area contributed by atoms with Gasteiger partial charge >= 0.3 is 12.0 Å². The van der Waals surface area contributed by atoms with Crippen LogP contribution < -0.4 is 0 Å². The van der Waals surface area contributed by atoms with E-state index in [9.17, 15) is 14.4 Å². The molecule has 122 valence electrons. The molecular weight excluding hydrogens is 274 g/mol. The van der Waals surface area contributed by atoms with E-state index < -0.39 is 11.5 Å². The van der Waals surface area contributed by atoms with Gasteiger partial charge in [0.25, 0.3) is 0 Å². The van der Waals surface area contributed by atoms with Gasteiger partial charge in [0.05, 0.1) is 6.42 Å². The Morgan fingerprint density at radius 1 is 1.10 bits per heavy atom. The fraction of sp³-hybridized carbons (Fsp3) is 0.786. The molecule has 0 unspecified atom stereocenters. The topological polar surface area (TPSA) is 81.2 Å². The molecule has 7 heteroatoms. The molecule has 21 heavy (non-hydrogen) atoms. The number of carboxylic acids is 1. The van der Waals surface area contributed by atoms with Crippen molar-refractivity contribution in [1.29, 1.82) is 0 Å². The standard InChI is InChI=1S/C14H27N3O4/c1-7-16(10-11(18)15(5)6)13(21)17(14(2,3)4)9-8-12(19)20/h7-10H2,1-6H3,(H,19,20). The van der Waals surface area contributed by atoms with Gasteiger partial charge in [-0.05, 0) is 27.7 Å². The summed E-state index contributed by atoms with van der Waals surface area (Å²) in [4.78, 5) is 39.4. The third-order valence-electron chi connectivity index (χ3n) is 3.07. The number of amides is 3. The Morgan fingerprint density at radius 2 is 1.62 bits per heavy atom. The fourth-order valence-corrected chi connectivity index (χ4v) is 1.72. The van der Waals surface area contributed by atoms with Gasteiger partial charge in [0.2, 0.25) is 5.91 Å². The lowest BCUT2D eigenvalue weighted by Gasteiger charge is -2.39. The molecular formula is C14H27N3O4. The maximum absolute atomic E-state index is 12.6. The van der Waals surface area contributed by atoms with Crippen LogP contribution in [0.1, 0.15) is 34.1 Å². The van der Waals surface area contributed by atoms with Crippen molar-refractivity contribution in [2.24, 2.45) is 0 Å². The van der Waals surface area contributed by atoms with E-state index in [1.165, 1.54) is 14.7 Å². The van der Waals surface area contributed by atoms with E-state index in [0.29, 0.717) is 6.54 Å². The fourth-order valence-electron chi connectivity index (χ4n) is 1.72. The summed E-state index contributed by atoms with van der Waals surface area (Å²) in [6.07, 6.45) is -0.123. The molecule has 0 saturated carbocycles. The first kappa shape index (κ1) is 19.2. The Labute approximate surface area is 126 Å². The van der Waals surface area contributed by atoms with Gasteiger partial charge < -0.3 is 19.8 Å². The Morgan fingerprint density at radius 3 is 1.95 bits per heavy atom. The molecule has 0 atom stereocenters. The van der Waals surface area contributed by atoms with Crippen LogP contribution in [0.3, 0.4) is 0 Å². The first-order chi connectivity index (χ1) is 9.50. The van der Waals surface area contributed by atoms with Gasteiger partial charge in [-0.15, -0.1) is 0 Å². The van der Waals surface area contributed by atoms with Gasteiger partial charge in [-0.2, -0.15) is 0 Å². The number of nitrogens with zero attached hydrogens (tertiary/aromatic N) is 3. The normalized spacial score (nSPS) is 11.0.